The van der Waals surface area contributed by atoms with E-state index in [-0.39, 0.29) is 6.04 Å². The van der Waals surface area contributed by atoms with Gasteiger partial charge in [0.05, 0.1) is 6.04 Å². The number of hydrogen-bond acceptors (Lipinski definition) is 1. The lowest BCUT2D eigenvalue weighted by atomic mass is 10.2. The molecular weight excluding hydrogens is 110 g/mol. The van der Waals surface area contributed by atoms with Crippen LogP contribution in [0.5, 0.6) is 0 Å². The molecule has 0 aliphatic carbocycles. The van der Waals surface area contributed by atoms with E-state index >= 15 is 0 Å². The van der Waals surface area contributed by atoms with Crippen LogP contribution < -0.4 is 5.32 Å². The Kier molecular flexibility index (Phi) is 4.95. The van der Waals surface area contributed by atoms with Gasteiger partial charge >= 0.3 is 0 Å². The van der Waals surface area contributed by atoms with Crippen LogP contribution in [-0.4, -0.2) is 12.6 Å². The van der Waals surface area contributed by atoms with Crippen molar-refractivity contribution in [3.63, 3.8) is 0 Å². The van der Waals surface area contributed by atoms with Crippen LogP contribution in [0.15, 0.2) is 12.7 Å². The molecular formula is C8H13N. The van der Waals surface area contributed by atoms with E-state index in [4.69, 9.17) is 6.42 Å². The smallest absolute Gasteiger partial charge is 0.0721 e. The van der Waals surface area contributed by atoms with Crippen molar-refractivity contribution in [1.82, 2.24) is 5.32 Å². The van der Waals surface area contributed by atoms with Crippen LogP contribution in [-0.2, 0) is 0 Å². The number of terminal acetylenes is 1. The van der Waals surface area contributed by atoms with Crippen molar-refractivity contribution in [2.45, 2.75) is 19.4 Å². The van der Waals surface area contributed by atoms with Crippen molar-refractivity contribution < 1.29 is 0 Å². The molecule has 0 radical (unpaired) electrons. The average molecular weight is 123 g/mol. The second-order valence-electron chi connectivity index (χ2n) is 1.80. The summed E-state index contributed by atoms with van der Waals surface area (Å²) in [5, 5.41) is 3.13. The summed E-state index contributed by atoms with van der Waals surface area (Å²) >= 11 is 0. The standard InChI is InChI=1S/C8H13N/c1-4-7-8(5-2)9-6-3/h2,4,8-9H,1,6-7H2,3H3. The van der Waals surface area contributed by atoms with Crippen LogP contribution in [0.3, 0.4) is 0 Å². The molecule has 0 saturated carbocycles. The summed E-state index contributed by atoms with van der Waals surface area (Å²) < 4.78 is 0. The first-order valence-electron chi connectivity index (χ1n) is 3.15. The minimum absolute atomic E-state index is 0.174. The van der Waals surface area contributed by atoms with Crippen molar-refractivity contribution in [3.8, 4) is 12.3 Å². The molecule has 0 aromatic rings. The van der Waals surface area contributed by atoms with E-state index in [1.54, 1.807) is 0 Å². The van der Waals surface area contributed by atoms with Gasteiger partial charge in [-0.15, -0.1) is 13.0 Å². The Balaban J connectivity index is 3.44. The molecule has 0 bridgehead atoms. The van der Waals surface area contributed by atoms with Gasteiger partial charge in [-0.2, -0.15) is 0 Å². The summed E-state index contributed by atoms with van der Waals surface area (Å²) in [4.78, 5) is 0. The van der Waals surface area contributed by atoms with E-state index in [0.29, 0.717) is 0 Å². The summed E-state index contributed by atoms with van der Waals surface area (Å²) in [5.41, 5.74) is 0. The Hall–Kier alpha value is -0.740. The van der Waals surface area contributed by atoms with Crippen LogP contribution in [0.1, 0.15) is 13.3 Å². The van der Waals surface area contributed by atoms with Gasteiger partial charge in [0.15, 0.2) is 0 Å². The molecule has 0 aromatic heterocycles. The third kappa shape index (κ3) is 3.81. The minimum atomic E-state index is 0.174. The van der Waals surface area contributed by atoms with E-state index in [1.807, 2.05) is 13.0 Å². The maximum Gasteiger partial charge on any atom is 0.0721 e. The lowest BCUT2D eigenvalue weighted by Gasteiger charge is -2.06. The number of hydrogen-bond donors (Lipinski definition) is 1. The van der Waals surface area contributed by atoms with Crippen LogP contribution in [0.25, 0.3) is 0 Å². The molecule has 0 heterocycles. The quantitative estimate of drug-likeness (QED) is 0.437. The SMILES string of the molecule is C#CC(CC=C)NCC. The first kappa shape index (κ1) is 8.26. The van der Waals surface area contributed by atoms with E-state index in [2.05, 4.69) is 17.8 Å². The zero-order chi connectivity index (χ0) is 7.11. The summed E-state index contributed by atoms with van der Waals surface area (Å²) in [6.07, 6.45) is 7.86. The fourth-order valence-electron chi connectivity index (χ4n) is 0.623. The van der Waals surface area contributed by atoms with Gasteiger partial charge in [0.2, 0.25) is 0 Å². The molecule has 9 heavy (non-hydrogen) atoms. The molecule has 1 atom stereocenters. The number of nitrogens with one attached hydrogen (secondary N) is 1. The third-order valence-electron chi connectivity index (χ3n) is 1.05. The summed E-state index contributed by atoms with van der Waals surface area (Å²) in [6, 6.07) is 0.174. The van der Waals surface area contributed by atoms with Gasteiger partial charge < -0.3 is 5.32 Å². The predicted octanol–water partition coefficient (Wildman–Crippen LogP) is 1.17. The Morgan fingerprint density at radius 3 is 2.89 bits per heavy atom. The molecule has 0 aliphatic rings. The average Bonchev–Trinajstić information content (AvgIpc) is 1.88. The van der Waals surface area contributed by atoms with Gasteiger partial charge in [-0.3, -0.25) is 0 Å². The highest BCUT2D eigenvalue weighted by Crippen LogP contribution is 1.88. The molecule has 0 aromatic carbocycles. The monoisotopic (exact) mass is 123 g/mol. The highest BCUT2D eigenvalue weighted by molar-refractivity contribution is 5.01. The molecule has 0 spiro atoms. The van der Waals surface area contributed by atoms with Crippen molar-refractivity contribution >= 4 is 0 Å². The van der Waals surface area contributed by atoms with Crippen molar-refractivity contribution in [3.05, 3.63) is 12.7 Å². The predicted molar refractivity (Wildman–Crippen MR) is 41.1 cm³/mol. The minimum Gasteiger partial charge on any atom is -0.304 e. The van der Waals surface area contributed by atoms with E-state index in [9.17, 15) is 0 Å². The molecule has 1 unspecified atom stereocenters. The molecule has 0 saturated heterocycles. The molecule has 1 N–H and O–H groups in total. The lowest BCUT2D eigenvalue weighted by Crippen LogP contribution is -2.26. The van der Waals surface area contributed by atoms with Crippen LogP contribution in [0.4, 0.5) is 0 Å². The van der Waals surface area contributed by atoms with E-state index < -0.39 is 0 Å². The van der Waals surface area contributed by atoms with Crippen molar-refractivity contribution in [1.29, 1.82) is 0 Å². The number of rotatable bonds is 4. The first-order valence-corrected chi connectivity index (χ1v) is 3.15. The molecule has 1 heteroatoms. The lowest BCUT2D eigenvalue weighted by molar-refractivity contribution is 0.638. The van der Waals surface area contributed by atoms with E-state index in [0.717, 1.165) is 13.0 Å². The van der Waals surface area contributed by atoms with Gasteiger partial charge in [-0.25, -0.2) is 0 Å². The summed E-state index contributed by atoms with van der Waals surface area (Å²) in [6.45, 7) is 6.55. The second-order valence-corrected chi connectivity index (χ2v) is 1.80. The highest BCUT2D eigenvalue weighted by atomic mass is 14.9. The van der Waals surface area contributed by atoms with Crippen LogP contribution in [0.2, 0.25) is 0 Å². The molecule has 50 valence electrons. The van der Waals surface area contributed by atoms with Gasteiger partial charge in [-0.1, -0.05) is 18.9 Å². The maximum atomic E-state index is 5.18. The molecule has 0 amide bonds. The zero-order valence-electron chi connectivity index (χ0n) is 5.85. The molecule has 1 nitrogen and oxygen atoms in total. The zero-order valence-corrected chi connectivity index (χ0v) is 5.85. The normalized spacial score (nSPS) is 12.0. The molecule has 0 aliphatic heterocycles. The molecule has 0 fully saturated rings. The van der Waals surface area contributed by atoms with E-state index in [1.165, 1.54) is 0 Å². The second kappa shape index (κ2) is 5.40. The van der Waals surface area contributed by atoms with Gasteiger partial charge in [-0.05, 0) is 13.0 Å². The largest absolute Gasteiger partial charge is 0.304 e. The Morgan fingerprint density at radius 1 is 1.89 bits per heavy atom. The van der Waals surface area contributed by atoms with Crippen LogP contribution >= 0.6 is 0 Å². The van der Waals surface area contributed by atoms with Crippen LogP contribution in [0, 0.1) is 12.3 Å². The highest BCUT2D eigenvalue weighted by Gasteiger charge is 1.96. The van der Waals surface area contributed by atoms with Gasteiger partial charge in [0.25, 0.3) is 0 Å². The maximum absolute atomic E-state index is 5.18. The Morgan fingerprint density at radius 2 is 2.56 bits per heavy atom. The van der Waals surface area contributed by atoms with Gasteiger partial charge in [0, 0.05) is 0 Å². The summed E-state index contributed by atoms with van der Waals surface area (Å²) in [7, 11) is 0. The summed E-state index contributed by atoms with van der Waals surface area (Å²) in [5.74, 6) is 2.62. The first-order chi connectivity index (χ1) is 4.35. The van der Waals surface area contributed by atoms with Crippen molar-refractivity contribution in [2.24, 2.45) is 0 Å². The third-order valence-corrected chi connectivity index (χ3v) is 1.05. The Bertz CT molecular complexity index is 110. The fourth-order valence-corrected chi connectivity index (χ4v) is 0.623. The fraction of sp³-hybridized carbons (Fsp3) is 0.500. The molecule has 0 rings (SSSR count). The Labute approximate surface area is 57.2 Å². The van der Waals surface area contributed by atoms with Gasteiger partial charge in [0.1, 0.15) is 0 Å². The van der Waals surface area contributed by atoms with Crippen molar-refractivity contribution in [2.75, 3.05) is 6.54 Å². The topological polar surface area (TPSA) is 12.0 Å².